The SMILES string of the molecule is COc1ccccc1Oc1c(CC(C)(C)NS(=O)(=O)c2ccccc2)nc(-c2ncccn2)[nH]c1=O. The number of hydrogen-bond donors (Lipinski definition) is 2. The summed E-state index contributed by atoms with van der Waals surface area (Å²) >= 11 is 0. The van der Waals surface area contributed by atoms with E-state index in [0.29, 0.717) is 11.5 Å². The summed E-state index contributed by atoms with van der Waals surface area (Å²) in [5, 5.41) is 0. The van der Waals surface area contributed by atoms with Crippen LogP contribution in [0.2, 0.25) is 0 Å². The van der Waals surface area contributed by atoms with Crippen molar-refractivity contribution in [3.8, 4) is 28.9 Å². The van der Waals surface area contributed by atoms with Gasteiger partial charge in [-0.1, -0.05) is 30.3 Å². The highest BCUT2D eigenvalue weighted by Crippen LogP contribution is 2.32. The van der Waals surface area contributed by atoms with Gasteiger partial charge in [0.05, 0.1) is 17.7 Å². The fraction of sp³-hybridized carbons (Fsp3) is 0.200. The topological polar surface area (TPSA) is 136 Å². The lowest BCUT2D eigenvalue weighted by Gasteiger charge is -2.26. The molecule has 0 radical (unpaired) electrons. The third-order valence-electron chi connectivity index (χ3n) is 5.08. The molecule has 0 fully saturated rings. The maximum atomic E-state index is 13.2. The van der Waals surface area contributed by atoms with Gasteiger partial charge in [-0.25, -0.2) is 28.1 Å². The number of benzene rings is 2. The zero-order chi connectivity index (χ0) is 25.8. The van der Waals surface area contributed by atoms with Crippen LogP contribution in [-0.4, -0.2) is 41.0 Å². The smallest absolute Gasteiger partial charge is 0.294 e. The number of methoxy groups -OCH3 is 1. The zero-order valence-corrected chi connectivity index (χ0v) is 20.7. The van der Waals surface area contributed by atoms with E-state index >= 15 is 0 Å². The lowest BCUT2D eigenvalue weighted by molar-refractivity contribution is 0.371. The van der Waals surface area contributed by atoms with Crippen LogP contribution in [0.1, 0.15) is 19.5 Å². The standard InChI is InChI=1S/C25H25N5O5S/c1-25(2,30-36(32,33)17-10-5-4-6-11-17)16-18-21(35-20-13-8-7-12-19(20)34-3)24(31)29-23(28-18)22-26-14-9-15-27-22/h4-15,30H,16H2,1-3H3,(H,28,29,31). The molecule has 36 heavy (non-hydrogen) atoms. The van der Waals surface area contributed by atoms with Crippen molar-refractivity contribution >= 4 is 10.0 Å². The molecule has 0 spiro atoms. The number of para-hydroxylation sites is 2. The van der Waals surface area contributed by atoms with Gasteiger partial charge in [0.15, 0.2) is 23.1 Å². The second-order valence-electron chi connectivity index (χ2n) is 8.49. The third-order valence-corrected chi connectivity index (χ3v) is 6.79. The van der Waals surface area contributed by atoms with Gasteiger partial charge in [-0.2, -0.15) is 0 Å². The van der Waals surface area contributed by atoms with Crippen LogP contribution in [0.5, 0.6) is 17.2 Å². The Morgan fingerprint density at radius 1 is 0.944 bits per heavy atom. The number of aromatic amines is 1. The number of nitrogens with zero attached hydrogens (tertiary/aromatic N) is 3. The fourth-order valence-corrected chi connectivity index (χ4v) is 4.98. The Hall–Kier alpha value is -4.09. The van der Waals surface area contributed by atoms with Crippen molar-refractivity contribution < 1.29 is 17.9 Å². The molecule has 0 atom stereocenters. The van der Waals surface area contributed by atoms with Gasteiger partial charge in [0.1, 0.15) is 0 Å². The van der Waals surface area contributed by atoms with Gasteiger partial charge in [-0.15, -0.1) is 0 Å². The van der Waals surface area contributed by atoms with Crippen LogP contribution in [0.3, 0.4) is 0 Å². The van der Waals surface area contributed by atoms with E-state index in [-0.39, 0.29) is 34.4 Å². The molecule has 2 aromatic carbocycles. The first-order valence-corrected chi connectivity index (χ1v) is 12.5. The van der Waals surface area contributed by atoms with Crippen LogP contribution in [0, 0.1) is 0 Å². The molecule has 186 valence electrons. The maximum Gasteiger partial charge on any atom is 0.294 e. The molecule has 4 aromatic rings. The molecular formula is C25H25N5O5S. The molecular weight excluding hydrogens is 482 g/mol. The van der Waals surface area contributed by atoms with Crippen LogP contribution in [0.25, 0.3) is 11.6 Å². The summed E-state index contributed by atoms with van der Waals surface area (Å²) in [7, 11) is -2.35. The molecule has 0 aliphatic carbocycles. The third kappa shape index (κ3) is 5.75. The number of sulfonamides is 1. The molecule has 0 saturated heterocycles. The Labute approximate surface area is 208 Å². The van der Waals surface area contributed by atoms with Crippen LogP contribution < -0.4 is 19.8 Å². The molecule has 0 aliphatic heterocycles. The Bertz CT molecular complexity index is 1510. The first-order chi connectivity index (χ1) is 17.2. The van der Waals surface area contributed by atoms with Gasteiger partial charge in [-0.3, -0.25) is 4.79 Å². The molecule has 0 unspecified atom stereocenters. The summed E-state index contributed by atoms with van der Waals surface area (Å²) in [6.07, 6.45) is 3.08. The van der Waals surface area contributed by atoms with Crippen molar-refractivity contribution in [2.24, 2.45) is 0 Å². The van der Waals surface area contributed by atoms with Crippen LogP contribution in [0.4, 0.5) is 0 Å². The summed E-state index contributed by atoms with van der Waals surface area (Å²) in [4.78, 5) is 28.8. The minimum absolute atomic E-state index is 0.0211. The quantitative estimate of drug-likeness (QED) is 0.352. The first kappa shape index (κ1) is 25.0. The van der Waals surface area contributed by atoms with E-state index in [0.717, 1.165) is 0 Å². The lowest BCUT2D eigenvalue weighted by Crippen LogP contribution is -2.45. The highest BCUT2D eigenvalue weighted by atomic mass is 32.2. The monoisotopic (exact) mass is 507 g/mol. The minimum atomic E-state index is -3.84. The second kappa shape index (κ2) is 10.3. The Balaban J connectivity index is 1.76. The van der Waals surface area contributed by atoms with Crippen LogP contribution in [0.15, 0.2) is 82.7 Å². The van der Waals surface area contributed by atoms with Crippen molar-refractivity contribution in [2.45, 2.75) is 30.7 Å². The Morgan fingerprint density at radius 2 is 1.58 bits per heavy atom. The van der Waals surface area contributed by atoms with E-state index < -0.39 is 21.1 Å². The predicted octanol–water partition coefficient (Wildman–Crippen LogP) is 3.33. The lowest BCUT2D eigenvalue weighted by atomic mass is 9.99. The van der Waals surface area contributed by atoms with Gasteiger partial charge < -0.3 is 14.5 Å². The van der Waals surface area contributed by atoms with Gasteiger partial charge >= 0.3 is 0 Å². The van der Waals surface area contributed by atoms with Crippen molar-refractivity contribution in [3.05, 3.63) is 89.1 Å². The Kier molecular flexibility index (Phi) is 7.13. The molecule has 0 bridgehead atoms. The number of nitrogens with one attached hydrogen (secondary N) is 2. The normalized spacial score (nSPS) is 11.8. The molecule has 0 saturated carbocycles. The summed E-state index contributed by atoms with van der Waals surface area (Å²) in [6.45, 7) is 3.39. The number of aromatic nitrogens is 4. The second-order valence-corrected chi connectivity index (χ2v) is 10.2. The van der Waals surface area contributed by atoms with Crippen molar-refractivity contribution in [2.75, 3.05) is 7.11 Å². The molecule has 11 heteroatoms. The van der Waals surface area contributed by atoms with Crippen LogP contribution >= 0.6 is 0 Å². The van der Waals surface area contributed by atoms with Crippen LogP contribution in [-0.2, 0) is 16.4 Å². The molecule has 2 aromatic heterocycles. The average molecular weight is 508 g/mol. The van der Waals surface area contributed by atoms with Gasteiger partial charge in [0, 0.05) is 24.4 Å². The first-order valence-electron chi connectivity index (χ1n) is 11.0. The van der Waals surface area contributed by atoms with Crippen molar-refractivity contribution in [3.63, 3.8) is 0 Å². The number of ether oxygens (including phenoxy) is 2. The zero-order valence-electron chi connectivity index (χ0n) is 19.9. The number of hydrogen-bond acceptors (Lipinski definition) is 8. The molecule has 10 nitrogen and oxygen atoms in total. The average Bonchev–Trinajstić information content (AvgIpc) is 2.86. The van der Waals surface area contributed by atoms with E-state index in [4.69, 9.17) is 9.47 Å². The number of rotatable bonds is 9. The molecule has 2 heterocycles. The van der Waals surface area contributed by atoms with E-state index in [2.05, 4.69) is 24.7 Å². The predicted molar refractivity (Wildman–Crippen MR) is 133 cm³/mol. The molecule has 0 amide bonds. The highest BCUT2D eigenvalue weighted by molar-refractivity contribution is 7.89. The molecule has 0 aliphatic rings. The van der Waals surface area contributed by atoms with Crippen molar-refractivity contribution in [1.29, 1.82) is 0 Å². The van der Waals surface area contributed by atoms with Gasteiger partial charge in [0.2, 0.25) is 15.8 Å². The summed E-state index contributed by atoms with van der Waals surface area (Å²) in [5.74, 6) is 0.973. The molecule has 2 N–H and O–H groups in total. The Morgan fingerprint density at radius 3 is 2.25 bits per heavy atom. The van der Waals surface area contributed by atoms with Gasteiger partial charge in [-0.05, 0) is 44.2 Å². The van der Waals surface area contributed by atoms with Gasteiger partial charge in [0.25, 0.3) is 5.56 Å². The van der Waals surface area contributed by atoms with E-state index in [1.54, 1.807) is 62.4 Å². The highest BCUT2D eigenvalue weighted by Gasteiger charge is 2.30. The summed E-state index contributed by atoms with van der Waals surface area (Å²) < 4.78 is 40.0. The van der Waals surface area contributed by atoms with E-state index in [1.807, 2.05) is 0 Å². The minimum Gasteiger partial charge on any atom is -0.493 e. The fourth-order valence-electron chi connectivity index (χ4n) is 3.55. The molecule has 4 rings (SSSR count). The maximum absolute atomic E-state index is 13.2. The van der Waals surface area contributed by atoms with E-state index in [1.165, 1.54) is 31.6 Å². The van der Waals surface area contributed by atoms with Crippen molar-refractivity contribution in [1.82, 2.24) is 24.7 Å². The largest absolute Gasteiger partial charge is 0.493 e. The summed E-state index contributed by atoms with van der Waals surface area (Å²) in [6, 6.07) is 16.5. The number of H-pyrrole nitrogens is 1. The summed E-state index contributed by atoms with van der Waals surface area (Å²) in [5.41, 5.74) is -1.41. The van der Waals surface area contributed by atoms with E-state index in [9.17, 15) is 13.2 Å².